The highest BCUT2D eigenvalue weighted by Crippen LogP contribution is 2.20. The van der Waals surface area contributed by atoms with Crippen LogP contribution in [0.4, 0.5) is 5.69 Å². The number of aryl methyl sites for hydroxylation is 1. The summed E-state index contributed by atoms with van der Waals surface area (Å²) in [5.41, 5.74) is 5.16. The van der Waals surface area contributed by atoms with Gasteiger partial charge >= 0.3 is 0 Å². The van der Waals surface area contributed by atoms with Crippen molar-refractivity contribution in [2.24, 2.45) is 0 Å². The van der Waals surface area contributed by atoms with E-state index in [0.29, 0.717) is 17.9 Å². The van der Waals surface area contributed by atoms with Crippen molar-refractivity contribution in [3.8, 4) is 0 Å². The first-order chi connectivity index (χ1) is 15.0. The molecule has 0 unspecified atom stereocenters. The molecule has 0 aliphatic carbocycles. The van der Waals surface area contributed by atoms with Crippen molar-refractivity contribution in [3.63, 3.8) is 0 Å². The molecule has 4 aromatic rings. The minimum Gasteiger partial charge on any atom is -0.440 e. The number of amides is 1. The lowest BCUT2D eigenvalue weighted by molar-refractivity contribution is 0.0977. The molecule has 4 rings (SSSR count). The average molecular weight is 495 g/mol. The number of nitrogens with zero attached hydrogens (tertiary/aromatic N) is 2. The van der Waals surface area contributed by atoms with Crippen LogP contribution in [0.1, 0.15) is 34.3 Å². The topological polar surface area (TPSA) is 80.0 Å². The Hall–Kier alpha value is -3.10. The van der Waals surface area contributed by atoms with Crippen LogP contribution in [-0.4, -0.2) is 21.0 Å². The molecule has 2 heterocycles. The standard InChI is InChI=1S/C23H19BrN4O2S/c1-2-14-5-8-20-19(9-14)27-21(30-20)10-15-3-6-18(7-4-15)26-23(31)28-22(29)16-11-17(24)13-25-12-16/h3-9,11-13H,2,10H2,1H3,(H2,26,28,29,31). The number of anilines is 1. The number of thiocarbonyl (C=S) groups is 1. The Balaban J connectivity index is 1.36. The number of nitrogens with one attached hydrogen (secondary N) is 2. The van der Waals surface area contributed by atoms with Crippen LogP contribution in [0.2, 0.25) is 0 Å². The smallest absolute Gasteiger partial charge is 0.259 e. The molecule has 1 amide bonds. The first-order valence-corrected chi connectivity index (χ1v) is 10.9. The van der Waals surface area contributed by atoms with Crippen LogP contribution in [0.15, 0.2) is 69.8 Å². The summed E-state index contributed by atoms with van der Waals surface area (Å²) in [5, 5.41) is 5.87. The Bertz CT molecular complexity index is 1250. The Morgan fingerprint density at radius 2 is 1.87 bits per heavy atom. The fourth-order valence-electron chi connectivity index (χ4n) is 3.07. The van der Waals surface area contributed by atoms with Gasteiger partial charge in [-0.3, -0.25) is 15.1 Å². The number of carbonyl (C=O) groups excluding carboxylic acids is 1. The minimum atomic E-state index is -0.329. The fraction of sp³-hybridized carbons (Fsp3) is 0.130. The van der Waals surface area contributed by atoms with E-state index in [2.05, 4.69) is 55.6 Å². The molecule has 0 saturated heterocycles. The highest BCUT2D eigenvalue weighted by molar-refractivity contribution is 9.10. The molecule has 31 heavy (non-hydrogen) atoms. The Labute approximate surface area is 193 Å². The maximum Gasteiger partial charge on any atom is 0.259 e. The Kier molecular flexibility index (Phi) is 6.39. The van der Waals surface area contributed by atoms with Gasteiger partial charge in [-0.15, -0.1) is 0 Å². The highest BCUT2D eigenvalue weighted by Gasteiger charge is 2.10. The van der Waals surface area contributed by atoms with E-state index in [-0.39, 0.29) is 11.0 Å². The first kappa shape index (κ1) is 21.1. The van der Waals surface area contributed by atoms with Crippen molar-refractivity contribution in [2.75, 3.05) is 5.32 Å². The quantitative estimate of drug-likeness (QED) is 0.368. The first-order valence-electron chi connectivity index (χ1n) is 9.70. The second kappa shape index (κ2) is 9.36. The third-order valence-corrected chi connectivity index (χ3v) is 5.30. The Morgan fingerprint density at radius 3 is 2.61 bits per heavy atom. The molecule has 2 N–H and O–H groups in total. The van der Waals surface area contributed by atoms with Gasteiger partial charge in [0.05, 0.1) is 5.56 Å². The van der Waals surface area contributed by atoms with Gasteiger partial charge in [0.1, 0.15) is 5.52 Å². The average Bonchev–Trinajstić information content (AvgIpc) is 3.16. The number of aromatic nitrogens is 2. The molecule has 0 bridgehead atoms. The molecule has 0 aliphatic rings. The predicted molar refractivity (Wildman–Crippen MR) is 128 cm³/mol. The summed E-state index contributed by atoms with van der Waals surface area (Å²) in [5.74, 6) is 0.347. The van der Waals surface area contributed by atoms with E-state index in [4.69, 9.17) is 16.6 Å². The lowest BCUT2D eigenvalue weighted by atomic mass is 10.1. The summed E-state index contributed by atoms with van der Waals surface area (Å²) in [7, 11) is 0. The van der Waals surface area contributed by atoms with Gasteiger partial charge in [-0.2, -0.15) is 0 Å². The number of hydrogen-bond donors (Lipinski definition) is 2. The predicted octanol–water partition coefficient (Wildman–Crippen LogP) is 5.27. The van der Waals surface area contributed by atoms with Crippen LogP contribution in [0.5, 0.6) is 0 Å². The summed E-state index contributed by atoms with van der Waals surface area (Å²) in [6.07, 6.45) is 4.65. The normalized spacial score (nSPS) is 10.8. The van der Waals surface area contributed by atoms with Gasteiger partial charge < -0.3 is 9.73 Å². The fourth-order valence-corrected chi connectivity index (χ4v) is 3.65. The molecule has 8 heteroatoms. The Morgan fingerprint density at radius 1 is 1.10 bits per heavy atom. The highest BCUT2D eigenvalue weighted by atomic mass is 79.9. The number of benzene rings is 2. The largest absolute Gasteiger partial charge is 0.440 e. The monoisotopic (exact) mass is 494 g/mol. The van der Waals surface area contributed by atoms with Gasteiger partial charge in [-0.05, 0) is 76.0 Å². The summed E-state index contributed by atoms with van der Waals surface area (Å²) >= 11 is 8.53. The molecule has 0 spiro atoms. The number of halogens is 1. The van der Waals surface area contributed by atoms with Crippen molar-refractivity contribution in [2.45, 2.75) is 19.8 Å². The molecule has 0 radical (unpaired) electrons. The number of rotatable bonds is 5. The van der Waals surface area contributed by atoms with Crippen molar-refractivity contribution in [1.82, 2.24) is 15.3 Å². The number of carbonyl (C=O) groups is 1. The number of oxazole rings is 1. The van der Waals surface area contributed by atoms with Gasteiger partial charge in [-0.1, -0.05) is 25.1 Å². The van der Waals surface area contributed by atoms with E-state index < -0.39 is 0 Å². The van der Waals surface area contributed by atoms with Gasteiger partial charge in [0, 0.05) is 29.0 Å². The molecular formula is C23H19BrN4O2S. The second-order valence-electron chi connectivity index (χ2n) is 6.94. The van der Waals surface area contributed by atoms with E-state index in [1.54, 1.807) is 12.3 Å². The zero-order chi connectivity index (χ0) is 21.8. The van der Waals surface area contributed by atoms with Crippen LogP contribution < -0.4 is 10.6 Å². The van der Waals surface area contributed by atoms with E-state index in [1.807, 2.05) is 30.3 Å². The molecule has 0 aliphatic heterocycles. The van der Waals surface area contributed by atoms with E-state index in [1.165, 1.54) is 11.8 Å². The van der Waals surface area contributed by atoms with Crippen molar-refractivity contribution in [1.29, 1.82) is 0 Å². The summed E-state index contributed by atoms with van der Waals surface area (Å²) in [4.78, 5) is 20.8. The molecule has 0 fully saturated rings. The number of hydrogen-bond acceptors (Lipinski definition) is 5. The third-order valence-electron chi connectivity index (χ3n) is 4.67. The van der Waals surface area contributed by atoms with Gasteiger partial charge in [0.15, 0.2) is 16.6 Å². The van der Waals surface area contributed by atoms with Crippen molar-refractivity contribution in [3.05, 3.63) is 88.0 Å². The van der Waals surface area contributed by atoms with Crippen LogP contribution in [0.25, 0.3) is 11.1 Å². The van der Waals surface area contributed by atoms with Crippen LogP contribution in [0, 0.1) is 0 Å². The number of fused-ring (bicyclic) bond motifs is 1. The van der Waals surface area contributed by atoms with Gasteiger partial charge in [0.25, 0.3) is 5.91 Å². The van der Waals surface area contributed by atoms with Crippen molar-refractivity contribution < 1.29 is 9.21 Å². The summed E-state index contributed by atoms with van der Waals surface area (Å²) < 4.78 is 6.58. The zero-order valence-electron chi connectivity index (χ0n) is 16.7. The minimum absolute atomic E-state index is 0.211. The van der Waals surface area contributed by atoms with Crippen molar-refractivity contribution >= 4 is 56.0 Å². The molecule has 0 saturated carbocycles. The maximum absolute atomic E-state index is 12.3. The molecule has 0 atom stereocenters. The summed E-state index contributed by atoms with van der Waals surface area (Å²) in [6.45, 7) is 2.12. The van der Waals surface area contributed by atoms with Crippen LogP contribution in [-0.2, 0) is 12.8 Å². The lowest BCUT2D eigenvalue weighted by Gasteiger charge is -2.10. The van der Waals surface area contributed by atoms with E-state index in [9.17, 15) is 4.79 Å². The molecule has 6 nitrogen and oxygen atoms in total. The summed E-state index contributed by atoms with van der Waals surface area (Å²) in [6, 6.07) is 15.5. The van der Waals surface area contributed by atoms with Gasteiger partial charge in [0.2, 0.25) is 0 Å². The lowest BCUT2D eigenvalue weighted by Crippen LogP contribution is -2.34. The van der Waals surface area contributed by atoms with Crippen LogP contribution >= 0.6 is 28.1 Å². The van der Waals surface area contributed by atoms with E-state index >= 15 is 0 Å². The van der Waals surface area contributed by atoms with E-state index in [0.717, 1.165) is 33.2 Å². The molecule has 2 aromatic carbocycles. The third kappa shape index (κ3) is 5.34. The maximum atomic E-state index is 12.3. The molecule has 156 valence electrons. The SMILES string of the molecule is CCc1ccc2oc(Cc3ccc(NC(=S)NC(=O)c4cncc(Br)c4)cc3)nc2c1. The molecule has 2 aromatic heterocycles. The van der Waals surface area contributed by atoms with Crippen LogP contribution in [0.3, 0.4) is 0 Å². The second-order valence-corrected chi connectivity index (χ2v) is 8.26. The zero-order valence-corrected chi connectivity index (χ0v) is 19.1. The van der Waals surface area contributed by atoms with Gasteiger partial charge in [-0.25, -0.2) is 4.98 Å². The molecular weight excluding hydrogens is 476 g/mol. The number of pyridine rings is 1.